The van der Waals surface area contributed by atoms with Crippen LogP contribution in [0.2, 0.25) is 0 Å². The highest BCUT2D eigenvalue weighted by Crippen LogP contribution is 2.21. The predicted octanol–water partition coefficient (Wildman–Crippen LogP) is 4.07. The van der Waals surface area contributed by atoms with Crippen LogP contribution in [0.4, 0.5) is 0 Å². The molecule has 9 heteroatoms. The molecule has 3 heterocycles. The summed E-state index contributed by atoms with van der Waals surface area (Å²) < 4.78 is 16.8. The summed E-state index contributed by atoms with van der Waals surface area (Å²) in [5, 5.41) is 0. The third-order valence-electron chi connectivity index (χ3n) is 6.20. The Hall–Kier alpha value is -2.23. The van der Waals surface area contributed by atoms with Crippen molar-refractivity contribution in [3.8, 4) is 0 Å². The molecular weight excluding hydrogens is 488 g/mol. The van der Waals surface area contributed by atoms with Crippen LogP contribution in [0.1, 0.15) is 57.6 Å². The van der Waals surface area contributed by atoms with Crippen molar-refractivity contribution >= 4 is 27.1 Å². The van der Waals surface area contributed by atoms with E-state index in [-0.39, 0.29) is 30.1 Å². The smallest absolute Gasteiger partial charge is 0.332 e. The molecule has 0 radical (unpaired) electrons. The number of rotatable bonds is 9. The van der Waals surface area contributed by atoms with E-state index in [2.05, 4.69) is 20.9 Å². The fourth-order valence-electron chi connectivity index (χ4n) is 4.20. The van der Waals surface area contributed by atoms with E-state index < -0.39 is 0 Å². The molecule has 2 atom stereocenters. The molecule has 3 aromatic rings. The first-order valence-electron chi connectivity index (χ1n) is 11.7. The summed E-state index contributed by atoms with van der Waals surface area (Å²) in [4.78, 5) is 31.5. The summed E-state index contributed by atoms with van der Waals surface area (Å²) in [7, 11) is 0. The second-order valence-corrected chi connectivity index (χ2v) is 9.22. The molecule has 1 aromatic carbocycles. The van der Waals surface area contributed by atoms with Gasteiger partial charge in [0.25, 0.3) is 5.56 Å². The van der Waals surface area contributed by atoms with Crippen molar-refractivity contribution in [1.82, 2.24) is 18.7 Å². The van der Waals surface area contributed by atoms with Crippen molar-refractivity contribution in [1.29, 1.82) is 0 Å². The van der Waals surface area contributed by atoms with Gasteiger partial charge in [-0.15, -0.1) is 0 Å². The van der Waals surface area contributed by atoms with Gasteiger partial charge in [-0.1, -0.05) is 37.3 Å². The quantitative estimate of drug-likeness (QED) is 0.315. The zero-order chi connectivity index (χ0) is 23.4. The van der Waals surface area contributed by atoms with Gasteiger partial charge >= 0.3 is 5.69 Å². The van der Waals surface area contributed by atoms with Gasteiger partial charge in [0.1, 0.15) is 0 Å². The lowest BCUT2D eigenvalue weighted by Gasteiger charge is -2.22. The molecule has 1 aliphatic rings. The van der Waals surface area contributed by atoms with E-state index in [1.165, 1.54) is 4.57 Å². The number of hydrogen-bond donors (Lipinski definition) is 0. The van der Waals surface area contributed by atoms with Gasteiger partial charge in [-0.2, -0.15) is 0 Å². The molecule has 2 aromatic heterocycles. The van der Waals surface area contributed by atoms with E-state index >= 15 is 0 Å². The SMILES string of the molecule is CCC(C)n1c(=O)n(CCCOC2CCCCO2)c(=O)c2c1nc(Br)n2Cc1ccccc1. The number of benzene rings is 1. The van der Waals surface area contributed by atoms with Gasteiger partial charge in [0, 0.05) is 19.2 Å². The van der Waals surface area contributed by atoms with Crippen LogP contribution in [0, 0.1) is 0 Å². The maximum atomic E-state index is 13.5. The average molecular weight is 519 g/mol. The van der Waals surface area contributed by atoms with Crippen LogP contribution in [0.15, 0.2) is 44.7 Å². The van der Waals surface area contributed by atoms with Gasteiger partial charge in [0.2, 0.25) is 0 Å². The Morgan fingerprint density at radius 3 is 2.70 bits per heavy atom. The highest BCUT2D eigenvalue weighted by Gasteiger charge is 2.23. The van der Waals surface area contributed by atoms with Crippen LogP contribution in [0.3, 0.4) is 0 Å². The largest absolute Gasteiger partial charge is 0.353 e. The number of halogens is 1. The topological polar surface area (TPSA) is 80.3 Å². The van der Waals surface area contributed by atoms with Gasteiger partial charge in [0.05, 0.1) is 13.2 Å². The van der Waals surface area contributed by atoms with Crippen molar-refractivity contribution in [2.45, 2.75) is 71.4 Å². The number of fused-ring (bicyclic) bond motifs is 1. The maximum Gasteiger partial charge on any atom is 0.332 e. The first-order valence-corrected chi connectivity index (χ1v) is 12.5. The van der Waals surface area contributed by atoms with Gasteiger partial charge in [-0.05, 0) is 60.5 Å². The van der Waals surface area contributed by atoms with E-state index in [0.717, 1.165) is 37.9 Å². The lowest BCUT2D eigenvalue weighted by atomic mass is 10.2. The monoisotopic (exact) mass is 518 g/mol. The Kier molecular flexibility index (Phi) is 7.82. The van der Waals surface area contributed by atoms with Crippen molar-refractivity contribution in [3.05, 3.63) is 61.5 Å². The predicted molar refractivity (Wildman–Crippen MR) is 131 cm³/mol. The minimum atomic E-state index is -0.326. The Labute approximate surface area is 201 Å². The number of imidazole rings is 1. The zero-order valence-corrected chi connectivity index (χ0v) is 20.8. The second-order valence-electron chi connectivity index (χ2n) is 8.51. The van der Waals surface area contributed by atoms with Crippen LogP contribution in [-0.2, 0) is 22.6 Å². The lowest BCUT2D eigenvalue weighted by molar-refractivity contribution is -0.163. The molecule has 0 saturated carbocycles. The summed E-state index contributed by atoms with van der Waals surface area (Å²) >= 11 is 3.52. The molecule has 33 heavy (non-hydrogen) atoms. The Morgan fingerprint density at radius 1 is 1.21 bits per heavy atom. The highest BCUT2D eigenvalue weighted by atomic mass is 79.9. The van der Waals surface area contributed by atoms with Gasteiger partial charge in [-0.3, -0.25) is 13.9 Å². The molecule has 0 bridgehead atoms. The van der Waals surface area contributed by atoms with Gasteiger partial charge in [-0.25, -0.2) is 9.78 Å². The average Bonchev–Trinajstić information content (AvgIpc) is 3.15. The van der Waals surface area contributed by atoms with Crippen LogP contribution >= 0.6 is 15.9 Å². The number of nitrogens with zero attached hydrogens (tertiary/aromatic N) is 4. The molecule has 178 valence electrons. The number of hydrogen-bond acceptors (Lipinski definition) is 5. The van der Waals surface area contributed by atoms with Crippen molar-refractivity contribution < 1.29 is 9.47 Å². The second kappa shape index (κ2) is 10.8. The molecule has 2 unspecified atom stereocenters. The minimum Gasteiger partial charge on any atom is -0.353 e. The lowest BCUT2D eigenvalue weighted by Crippen LogP contribution is -2.42. The molecular formula is C24H31BrN4O4. The Morgan fingerprint density at radius 2 is 2.00 bits per heavy atom. The number of ether oxygens (including phenoxy) is 2. The zero-order valence-electron chi connectivity index (χ0n) is 19.2. The summed E-state index contributed by atoms with van der Waals surface area (Å²) in [6.45, 7) is 5.92. The molecule has 1 saturated heterocycles. The fourth-order valence-corrected chi connectivity index (χ4v) is 4.67. The normalized spacial score (nSPS) is 17.5. The molecule has 0 spiro atoms. The molecule has 1 aliphatic heterocycles. The number of aromatic nitrogens is 4. The van der Waals surface area contributed by atoms with Crippen LogP contribution < -0.4 is 11.2 Å². The highest BCUT2D eigenvalue weighted by molar-refractivity contribution is 9.10. The van der Waals surface area contributed by atoms with Crippen molar-refractivity contribution in [2.75, 3.05) is 13.2 Å². The summed E-state index contributed by atoms with van der Waals surface area (Å²) in [5.74, 6) is 0. The Balaban J connectivity index is 1.69. The van der Waals surface area contributed by atoms with Gasteiger partial charge in [0.15, 0.2) is 22.2 Å². The van der Waals surface area contributed by atoms with E-state index in [0.29, 0.717) is 35.5 Å². The van der Waals surface area contributed by atoms with Crippen LogP contribution in [0.25, 0.3) is 11.2 Å². The van der Waals surface area contributed by atoms with Crippen LogP contribution in [0.5, 0.6) is 0 Å². The van der Waals surface area contributed by atoms with Crippen molar-refractivity contribution in [2.24, 2.45) is 0 Å². The third kappa shape index (κ3) is 5.15. The maximum absolute atomic E-state index is 13.5. The minimum absolute atomic E-state index is 0.0919. The first kappa shape index (κ1) is 23.9. The summed E-state index contributed by atoms with van der Waals surface area (Å²) in [6, 6.07) is 9.81. The van der Waals surface area contributed by atoms with E-state index in [9.17, 15) is 9.59 Å². The molecule has 0 aliphatic carbocycles. The van der Waals surface area contributed by atoms with Gasteiger partial charge < -0.3 is 14.0 Å². The molecule has 4 rings (SSSR count). The standard InChI is InChI=1S/C24H31BrN4O4/c1-3-17(2)29-21-20(28(23(25)26-21)16-18-10-5-4-6-11-18)22(30)27(24(29)31)13-9-15-33-19-12-7-8-14-32-19/h4-6,10-11,17,19H,3,7-9,12-16H2,1-2H3. The molecule has 0 amide bonds. The molecule has 1 fully saturated rings. The van der Waals surface area contributed by atoms with E-state index in [1.54, 1.807) is 4.57 Å². The third-order valence-corrected chi connectivity index (χ3v) is 6.80. The summed E-state index contributed by atoms with van der Waals surface area (Å²) in [5.41, 5.74) is 1.25. The van der Waals surface area contributed by atoms with Crippen LogP contribution in [-0.4, -0.2) is 38.2 Å². The first-order chi connectivity index (χ1) is 16.0. The van der Waals surface area contributed by atoms with E-state index in [1.807, 2.05) is 48.7 Å². The fraction of sp³-hybridized carbons (Fsp3) is 0.542. The van der Waals surface area contributed by atoms with E-state index in [4.69, 9.17) is 9.47 Å². The Bertz CT molecular complexity index is 1200. The summed E-state index contributed by atoms with van der Waals surface area (Å²) in [6.07, 6.45) is 4.17. The molecule has 8 nitrogen and oxygen atoms in total. The van der Waals surface area contributed by atoms with Crippen molar-refractivity contribution in [3.63, 3.8) is 0 Å². The molecule has 0 N–H and O–H groups in total.